The minimum absolute atomic E-state index is 0.205. The normalized spacial score (nSPS) is 12.8. The van der Waals surface area contributed by atoms with Gasteiger partial charge in [-0.1, -0.05) is 26.7 Å². The number of hydrogen-bond acceptors (Lipinski definition) is 5. The van der Waals surface area contributed by atoms with E-state index in [4.69, 9.17) is 0 Å². The number of pyridine rings is 1. The highest BCUT2D eigenvalue weighted by molar-refractivity contribution is 5.93. The second kappa shape index (κ2) is 10.8. The van der Waals surface area contributed by atoms with E-state index in [9.17, 15) is 14.0 Å². The minimum atomic E-state index is -0.648. The molecule has 2 rings (SSSR count). The van der Waals surface area contributed by atoms with Crippen LogP contribution in [0.25, 0.3) is 0 Å². The maximum Gasteiger partial charge on any atom is 0.273 e. The van der Waals surface area contributed by atoms with Crippen LogP contribution in [0.3, 0.4) is 0 Å². The number of nitrogens with zero attached hydrogens (tertiary/aromatic N) is 3. The number of nitrogens with one attached hydrogen (secondary N) is 2. The summed E-state index contributed by atoms with van der Waals surface area (Å²) in [6, 6.07) is 2.78. The second-order valence-electron chi connectivity index (χ2n) is 7.53. The quantitative estimate of drug-likeness (QED) is 0.619. The fourth-order valence-corrected chi connectivity index (χ4v) is 3.28. The topological polar surface area (TPSA) is 96.9 Å². The standard InChI is InChI=1S/C22H30FN5O2/c1-5-7-10-22(6-2,28-21(30)19-17(23)9-8-15(3)27-19)11-12-25-20(29)18-14-24-13-16(4)26-18/h8-9,13-14H,5-7,10-12H2,1-4H3,(H,25,29)(H,28,30). The lowest BCUT2D eigenvalue weighted by Crippen LogP contribution is -2.50. The molecule has 0 saturated heterocycles. The van der Waals surface area contributed by atoms with Crippen LogP contribution in [0, 0.1) is 19.7 Å². The Morgan fingerprint density at radius 1 is 1.03 bits per heavy atom. The van der Waals surface area contributed by atoms with Crippen molar-refractivity contribution in [2.24, 2.45) is 0 Å². The highest BCUT2D eigenvalue weighted by Crippen LogP contribution is 2.23. The van der Waals surface area contributed by atoms with E-state index >= 15 is 0 Å². The van der Waals surface area contributed by atoms with E-state index < -0.39 is 17.3 Å². The molecule has 2 aromatic heterocycles. The van der Waals surface area contributed by atoms with E-state index in [1.54, 1.807) is 20.0 Å². The van der Waals surface area contributed by atoms with Crippen molar-refractivity contribution in [1.82, 2.24) is 25.6 Å². The zero-order chi connectivity index (χ0) is 22.1. The van der Waals surface area contributed by atoms with Crippen LogP contribution in [0.1, 0.15) is 78.3 Å². The van der Waals surface area contributed by atoms with E-state index in [-0.39, 0.29) is 17.3 Å². The summed E-state index contributed by atoms with van der Waals surface area (Å²) >= 11 is 0. The van der Waals surface area contributed by atoms with Crippen molar-refractivity contribution in [1.29, 1.82) is 0 Å². The number of hydrogen-bond donors (Lipinski definition) is 2. The lowest BCUT2D eigenvalue weighted by Gasteiger charge is -2.34. The maximum absolute atomic E-state index is 14.1. The molecule has 0 saturated carbocycles. The van der Waals surface area contributed by atoms with E-state index in [0.717, 1.165) is 19.3 Å². The zero-order valence-corrected chi connectivity index (χ0v) is 18.1. The predicted molar refractivity (Wildman–Crippen MR) is 113 cm³/mol. The Balaban J connectivity index is 2.10. The molecular formula is C22H30FN5O2. The first-order valence-electron chi connectivity index (χ1n) is 10.3. The van der Waals surface area contributed by atoms with Crippen LogP contribution in [0.15, 0.2) is 24.5 Å². The molecule has 7 nitrogen and oxygen atoms in total. The minimum Gasteiger partial charge on any atom is -0.351 e. The molecule has 0 aliphatic carbocycles. The van der Waals surface area contributed by atoms with Gasteiger partial charge in [0, 0.05) is 24.0 Å². The van der Waals surface area contributed by atoms with Gasteiger partial charge in [-0.15, -0.1) is 0 Å². The lowest BCUT2D eigenvalue weighted by molar-refractivity contribution is 0.0866. The van der Waals surface area contributed by atoms with Crippen molar-refractivity contribution in [3.8, 4) is 0 Å². The largest absolute Gasteiger partial charge is 0.351 e. The molecule has 0 fully saturated rings. The Bertz CT molecular complexity index is 890. The molecule has 0 aromatic carbocycles. The molecule has 2 amide bonds. The summed E-state index contributed by atoms with van der Waals surface area (Å²) in [5, 5.41) is 5.84. The van der Waals surface area contributed by atoms with Crippen molar-refractivity contribution in [3.05, 3.63) is 53.1 Å². The first-order valence-corrected chi connectivity index (χ1v) is 10.3. The highest BCUT2D eigenvalue weighted by atomic mass is 19.1. The van der Waals surface area contributed by atoms with Gasteiger partial charge >= 0.3 is 0 Å². The Morgan fingerprint density at radius 2 is 1.80 bits per heavy atom. The van der Waals surface area contributed by atoms with E-state index in [1.807, 2.05) is 6.92 Å². The van der Waals surface area contributed by atoms with Gasteiger partial charge in [-0.3, -0.25) is 14.6 Å². The van der Waals surface area contributed by atoms with Crippen molar-refractivity contribution >= 4 is 11.8 Å². The second-order valence-corrected chi connectivity index (χ2v) is 7.53. The Hall–Kier alpha value is -2.90. The monoisotopic (exact) mass is 415 g/mol. The summed E-state index contributed by atoms with van der Waals surface area (Å²) in [4.78, 5) is 37.4. The van der Waals surface area contributed by atoms with Crippen LogP contribution in [-0.2, 0) is 0 Å². The van der Waals surface area contributed by atoms with Crippen molar-refractivity contribution in [3.63, 3.8) is 0 Å². The molecule has 0 radical (unpaired) electrons. The van der Waals surface area contributed by atoms with Crippen LogP contribution in [0.4, 0.5) is 4.39 Å². The number of aryl methyl sites for hydroxylation is 2. The van der Waals surface area contributed by atoms with Gasteiger partial charge in [0.15, 0.2) is 11.5 Å². The summed E-state index contributed by atoms with van der Waals surface area (Å²) in [7, 11) is 0. The summed E-state index contributed by atoms with van der Waals surface area (Å²) in [5.41, 5.74) is 0.706. The maximum atomic E-state index is 14.1. The molecule has 0 aliphatic heterocycles. The number of rotatable bonds is 10. The third kappa shape index (κ3) is 6.30. The molecule has 2 aromatic rings. The van der Waals surface area contributed by atoms with E-state index in [1.165, 1.54) is 18.3 Å². The average Bonchev–Trinajstić information content (AvgIpc) is 2.73. The third-order valence-corrected chi connectivity index (χ3v) is 5.14. The van der Waals surface area contributed by atoms with Crippen LogP contribution < -0.4 is 10.6 Å². The molecule has 2 heterocycles. The SMILES string of the molecule is CCCCC(CC)(CCNC(=O)c1cncc(C)n1)NC(=O)c1nc(C)ccc1F. The van der Waals surface area contributed by atoms with Gasteiger partial charge < -0.3 is 10.6 Å². The van der Waals surface area contributed by atoms with Gasteiger partial charge in [0.25, 0.3) is 11.8 Å². The highest BCUT2D eigenvalue weighted by Gasteiger charge is 2.31. The molecule has 0 bridgehead atoms. The Labute approximate surface area is 176 Å². The number of carbonyl (C=O) groups is 2. The van der Waals surface area contributed by atoms with Crippen LogP contribution >= 0.6 is 0 Å². The predicted octanol–water partition coefficient (Wildman–Crippen LogP) is 3.52. The van der Waals surface area contributed by atoms with Crippen molar-refractivity contribution < 1.29 is 14.0 Å². The molecule has 8 heteroatoms. The van der Waals surface area contributed by atoms with E-state index in [0.29, 0.717) is 30.8 Å². The third-order valence-electron chi connectivity index (χ3n) is 5.14. The molecule has 1 atom stereocenters. The first kappa shape index (κ1) is 23.4. The Kier molecular flexibility index (Phi) is 8.38. The van der Waals surface area contributed by atoms with Gasteiger partial charge in [-0.05, 0) is 45.2 Å². The fraction of sp³-hybridized carbons (Fsp3) is 0.500. The molecule has 30 heavy (non-hydrogen) atoms. The van der Waals surface area contributed by atoms with Gasteiger partial charge in [-0.2, -0.15) is 0 Å². The fourth-order valence-electron chi connectivity index (χ4n) is 3.28. The first-order chi connectivity index (χ1) is 14.3. The smallest absolute Gasteiger partial charge is 0.273 e. The molecule has 162 valence electrons. The summed E-state index contributed by atoms with van der Waals surface area (Å²) in [6.45, 7) is 7.87. The molecular weight excluding hydrogens is 385 g/mol. The van der Waals surface area contributed by atoms with Crippen LogP contribution in [-0.4, -0.2) is 38.8 Å². The average molecular weight is 416 g/mol. The summed E-state index contributed by atoms with van der Waals surface area (Å²) in [6.07, 6.45) is 6.73. The number of unbranched alkanes of at least 4 members (excludes halogenated alkanes) is 1. The number of halogens is 1. The summed E-state index contributed by atoms with van der Waals surface area (Å²) < 4.78 is 14.1. The molecule has 0 spiro atoms. The Morgan fingerprint density at radius 3 is 2.47 bits per heavy atom. The van der Waals surface area contributed by atoms with Crippen molar-refractivity contribution in [2.45, 2.75) is 65.3 Å². The number of carbonyl (C=O) groups excluding carboxylic acids is 2. The van der Waals surface area contributed by atoms with Crippen LogP contribution in [0.5, 0.6) is 0 Å². The molecule has 2 N–H and O–H groups in total. The van der Waals surface area contributed by atoms with Gasteiger partial charge in [0.05, 0.1) is 11.9 Å². The molecule has 0 aliphatic rings. The number of amides is 2. The van der Waals surface area contributed by atoms with Crippen molar-refractivity contribution in [2.75, 3.05) is 6.54 Å². The summed E-state index contributed by atoms with van der Waals surface area (Å²) in [5.74, 6) is -1.50. The van der Waals surface area contributed by atoms with Gasteiger partial charge in [0.1, 0.15) is 5.69 Å². The van der Waals surface area contributed by atoms with E-state index in [2.05, 4.69) is 32.5 Å². The number of aromatic nitrogens is 3. The van der Waals surface area contributed by atoms with Crippen LogP contribution in [0.2, 0.25) is 0 Å². The zero-order valence-electron chi connectivity index (χ0n) is 18.1. The van der Waals surface area contributed by atoms with Gasteiger partial charge in [0.2, 0.25) is 0 Å². The van der Waals surface area contributed by atoms with Gasteiger partial charge in [-0.25, -0.2) is 14.4 Å². The lowest BCUT2D eigenvalue weighted by atomic mass is 9.86. The molecule has 1 unspecified atom stereocenters.